The lowest BCUT2D eigenvalue weighted by Crippen LogP contribution is -2.53. The summed E-state index contributed by atoms with van der Waals surface area (Å²) in [6.45, 7) is 5.02. The van der Waals surface area contributed by atoms with Crippen LogP contribution in [0.5, 0.6) is 11.5 Å². The number of benzene rings is 2. The number of carbonyl (C=O) groups excluding carboxylic acids is 1. The standard InChI is InChI=1S/C22H28N2O5S/c1-4-21(29-19-9-7-18(28-3)8-10-19)22(25)23-13-15-24(16-14-23)30(26,27)20-11-5-17(2)6-12-20/h5-12,21H,4,13-16H2,1-3H3/t21-/m0/s1. The molecule has 30 heavy (non-hydrogen) atoms. The fourth-order valence-electron chi connectivity index (χ4n) is 3.34. The van der Waals surface area contributed by atoms with Crippen LogP contribution in [0.15, 0.2) is 53.4 Å². The van der Waals surface area contributed by atoms with Gasteiger partial charge in [-0.25, -0.2) is 8.42 Å². The van der Waals surface area contributed by atoms with Crippen LogP contribution in [-0.2, 0) is 14.8 Å². The number of carbonyl (C=O) groups is 1. The Labute approximate surface area is 178 Å². The molecule has 0 aromatic heterocycles. The highest BCUT2D eigenvalue weighted by Gasteiger charge is 2.32. The maximum absolute atomic E-state index is 12.9. The minimum atomic E-state index is -3.56. The van der Waals surface area contributed by atoms with Gasteiger partial charge in [-0.2, -0.15) is 4.31 Å². The highest BCUT2D eigenvalue weighted by Crippen LogP contribution is 2.21. The van der Waals surface area contributed by atoms with E-state index in [9.17, 15) is 13.2 Å². The monoisotopic (exact) mass is 432 g/mol. The molecule has 0 spiro atoms. The molecule has 1 aliphatic rings. The van der Waals surface area contributed by atoms with Gasteiger partial charge in [0.15, 0.2) is 6.10 Å². The van der Waals surface area contributed by atoms with Gasteiger partial charge in [-0.15, -0.1) is 0 Å². The van der Waals surface area contributed by atoms with Gasteiger partial charge in [-0.1, -0.05) is 24.6 Å². The van der Waals surface area contributed by atoms with Crippen LogP contribution in [0, 0.1) is 6.92 Å². The predicted octanol–water partition coefficient (Wildman–Crippen LogP) is 2.69. The van der Waals surface area contributed by atoms with E-state index in [4.69, 9.17) is 9.47 Å². The summed E-state index contributed by atoms with van der Waals surface area (Å²) in [4.78, 5) is 14.9. The van der Waals surface area contributed by atoms with Gasteiger partial charge in [0, 0.05) is 26.2 Å². The van der Waals surface area contributed by atoms with Crippen molar-refractivity contribution in [3.63, 3.8) is 0 Å². The summed E-state index contributed by atoms with van der Waals surface area (Å²) < 4.78 is 38.1. The second-order valence-corrected chi connectivity index (χ2v) is 9.17. The summed E-state index contributed by atoms with van der Waals surface area (Å²) in [6.07, 6.45) is -0.0918. The van der Waals surface area contributed by atoms with Crippen LogP contribution in [0.1, 0.15) is 18.9 Å². The highest BCUT2D eigenvalue weighted by molar-refractivity contribution is 7.89. The molecule has 0 unspecified atom stereocenters. The molecule has 1 heterocycles. The van der Waals surface area contributed by atoms with E-state index in [1.54, 1.807) is 60.5 Å². The number of aryl methyl sites for hydroxylation is 1. The van der Waals surface area contributed by atoms with Gasteiger partial charge in [-0.05, 0) is 49.7 Å². The molecule has 0 N–H and O–H groups in total. The minimum absolute atomic E-state index is 0.124. The van der Waals surface area contributed by atoms with Gasteiger partial charge in [0.25, 0.3) is 5.91 Å². The number of amides is 1. The van der Waals surface area contributed by atoms with Gasteiger partial charge >= 0.3 is 0 Å². The molecule has 2 aromatic carbocycles. The Bertz CT molecular complexity index is 950. The second-order valence-electron chi connectivity index (χ2n) is 7.23. The predicted molar refractivity (Wildman–Crippen MR) is 114 cm³/mol. The molecule has 1 atom stereocenters. The Morgan fingerprint density at radius 3 is 2.07 bits per heavy atom. The van der Waals surface area contributed by atoms with Crippen LogP contribution < -0.4 is 9.47 Å². The Balaban J connectivity index is 1.61. The van der Waals surface area contributed by atoms with Crippen molar-refractivity contribution in [2.75, 3.05) is 33.3 Å². The molecule has 162 valence electrons. The third kappa shape index (κ3) is 4.94. The molecule has 1 fully saturated rings. The van der Waals surface area contributed by atoms with Gasteiger partial charge in [0.2, 0.25) is 10.0 Å². The third-order valence-electron chi connectivity index (χ3n) is 5.19. The normalized spacial score (nSPS) is 16.2. The molecule has 0 aliphatic carbocycles. The lowest BCUT2D eigenvalue weighted by molar-refractivity contribution is -0.140. The summed E-state index contributed by atoms with van der Waals surface area (Å²) in [5, 5.41) is 0. The Morgan fingerprint density at radius 1 is 0.967 bits per heavy atom. The molecule has 7 nitrogen and oxygen atoms in total. The fourth-order valence-corrected chi connectivity index (χ4v) is 4.76. The molecular formula is C22H28N2O5S. The lowest BCUT2D eigenvalue weighted by Gasteiger charge is -2.35. The van der Waals surface area contributed by atoms with Crippen molar-refractivity contribution in [2.45, 2.75) is 31.3 Å². The zero-order valence-corrected chi connectivity index (χ0v) is 18.4. The number of ether oxygens (including phenoxy) is 2. The van der Waals surface area contributed by atoms with Crippen LogP contribution in [-0.4, -0.2) is 62.9 Å². The van der Waals surface area contributed by atoms with Crippen molar-refractivity contribution in [1.82, 2.24) is 9.21 Å². The first-order valence-electron chi connectivity index (χ1n) is 10.0. The molecule has 1 saturated heterocycles. The van der Waals surface area contributed by atoms with E-state index in [1.165, 1.54) is 4.31 Å². The van der Waals surface area contributed by atoms with Gasteiger partial charge in [0.1, 0.15) is 11.5 Å². The van der Waals surface area contributed by atoms with Crippen molar-refractivity contribution in [3.8, 4) is 11.5 Å². The van der Waals surface area contributed by atoms with Crippen LogP contribution in [0.4, 0.5) is 0 Å². The molecule has 2 aromatic rings. The Hall–Kier alpha value is -2.58. The van der Waals surface area contributed by atoms with Crippen molar-refractivity contribution in [1.29, 1.82) is 0 Å². The van der Waals surface area contributed by atoms with E-state index in [0.29, 0.717) is 31.0 Å². The van der Waals surface area contributed by atoms with E-state index in [-0.39, 0.29) is 23.9 Å². The first kappa shape index (κ1) is 22.1. The summed E-state index contributed by atoms with van der Waals surface area (Å²) in [7, 11) is -1.97. The number of nitrogens with zero attached hydrogens (tertiary/aromatic N) is 2. The fraction of sp³-hybridized carbons (Fsp3) is 0.409. The van der Waals surface area contributed by atoms with Crippen molar-refractivity contribution < 1.29 is 22.7 Å². The Morgan fingerprint density at radius 2 is 1.53 bits per heavy atom. The molecule has 8 heteroatoms. The number of hydrogen-bond donors (Lipinski definition) is 0. The quantitative estimate of drug-likeness (QED) is 0.672. The molecule has 1 aliphatic heterocycles. The average Bonchev–Trinajstić information content (AvgIpc) is 2.78. The van der Waals surface area contributed by atoms with E-state index >= 15 is 0 Å². The molecule has 0 radical (unpaired) electrons. The van der Waals surface area contributed by atoms with E-state index in [1.807, 2.05) is 13.8 Å². The van der Waals surface area contributed by atoms with Gasteiger partial charge in [0.05, 0.1) is 12.0 Å². The second kappa shape index (κ2) is 9.49. The smallest absolute Gasteiger partial charge is 0.263 e. The number of methoxy groups -OCH3 is 1. The summed E-state index contributed by atoms with van der Waals surface area (Å²) in [5.41, 5.74) is 1.01. The van der Waals surface area contributed by atoms with Gasteiger partial charge < -0.3 is 14.4 Å². The number of hydrogen-bond acceptors (Lipinski definition) is 5. The SMILES string of the molecule is CC[C@H](Oc1ccc(OC)cc1)C(=O)N1CCN(S(=O)(=O)c2ccc(C)cc2)CC1. The molecule has 0 saturated carbocycles. The molecular weight excluding hydrogens is 404 g/mol. The molecule has 1 amide bonds. The molecule has 3 rings (SSSR count). The lowest BCUT2D eigenvalue weighted by atomic mass is 10.2. The number of sulfonamides is 1. The van der Waals surface area contributed by atoms with Crippen molar-refractivity contribution >= 4 is 15.9 Å². The van der Waals surface area contributed by atoms with Crippen LogP contribution in [0.25, 0.3) is 0 Å². The maximum Gasteiger partial charge on any atom is 0.263 e. The number of piperazine rings is 1. The summed E-state index contributed by atoms with van der Waals surface area (Å²) in [6, 6.07) is 13.9. The first-order valence-corrected chi connectivity index (χ1v) is 11.5. The minimum Gasteiger partial charge on any atom is -0.497 e. The van der Waals surface area contributed by atoms with E-state index in [0.717, 1.165) is 5.56 Å². The van der Waals surface area contributed by atoms with Gasteiger partial charge in [-0.3, -0.25) is 4.79 Å². The van der Waals surface area contributed by atoms with E-state index < -0.39 is 16.1 Å². The summed E-state index contributed by atoms with van der Waals surface area (Å²) in [5.74, 6) is 1.19. The van der Waals surface area contributed by atoms with Crippen LogP contribution in [0.3, 0.4) is 0 Å². The van der Waals surface area contributed by atoms with Crippen molar-refractivity contribution in [3.05, 3.63) is 54.1 Å². The third-order valence-corrected chi connectivity index (χ3v) is 7.11. The summed E-state index contributed by atoms with van der Waals surface area (Å²) >= 11 is 0. The van der Waals surface area contributed by atoms with Crippen LogP contribution in [0.2, 0.25) is 0 Å². The zero-order chi connectivity index (χ0) is 21.7. The first-order chi connectivity index (χ1) is 14.3. The maximum atomic E-state index is 12.9. The highest BCUT2D eigenvalue weighted by atomic mass is 32.2. The largest absolute Gasteiger partial charge is 0.497 e. The van der Waals surface area contributed by atoms with Crippen molar-refractivity contribution in [2.24, 2.45) is 0 Å². The van der Waals surface area contributed by atoms with Crippen LogP contribution >= 0.6 is 0 Å². The van der Waals surface area contributed by atoms with E-state index in [2.05, 4.69) is 0 Å². The molecule has 0 bridgehead atoms. The zero-order valence-electron chi connectivity index (χ0n) is 17.6. The average molecular weight is 433 g/mol. The topological polar surface area (TPSA) is 76.2 Å². The number of rotatable bonds is 7. The Kier molecular flexibility index (Phi) is 6.99.